The van der Waals surface area contributed by atoms with Crippen LogP contribution in [-0.2, 0) is 19.4 Å². The number of hydrogen-bond acceptors (Lipinski definition) is 7. The van der Waals surface area contributed by atoms with Crippen molar-refractivity contribution >= 4 is 35.0 Å². The molecule has 4 rings (SSSR count). The van der Waals surface area contributed by atoms with Crippen molar-refractivity contribution in [2.24, 2.45) is 7.05 Å². The predicted molar refractivity (Wildman–Crippen MR) is 111 cm³/mol. The van der Waals surface area contributed by atoms with Gasteiger partial charge in [-0.2, -0.15) is 4.98 Å². The maximum absolute atomic E-state index is 6.18. The minimum Gasteiger partial charge on any atom is -0.486 e. The van der Waals surface area contributed by atoms with Crippen LogP contribution in [0.3, 0.4) is 0 Å². The second-order valence-corrected chi connectivity index (χ2v) is 7.77. The first kappa shape index (κ1) is 19.8. The van der Waals surface area contributed by atoms with Gasteiger partial charge in [-0.3, -0.25) is 0 Å². The van der Waals surface area contributed by atoms with E-state index in [1.165, 1.54) is 11.8 Å². The van der Waals surface area contributed by atoms with E-state index < -0.39 is 0 Å². The third-order valence-electron chi connectivity index (χ3n) is 4.01. The molecule has 4 aromatic rings. The molecular weight excluding hydrogens is 433 g/mol. The first-order chi connectivity index (χ1) is 14.1. The van der Waals surface area contributed by atoms with Crippen molar-refractivity contribution in [2.45, 2.75) is 17.5 Å². The summed E-state index contributed by atoms with van der Waals surface area (Å²) in [7, 11) is 1.88. The van der Waals surface area contributed by atoms with Gasteiger partial charge < -0.3 is 13.8 Å². The van der Waals surface area contributed by atoms with E-state index in [-0.39, 0.29) is 0 Å². The predicted octanol–water partition coefficient (Wildman–Crippen LogP) is 5.04. The van der Waals surface area contributed by atoms with E-state index in [1.807, 2.05) is 29.8 Å². The lowest BCUT2D eigenvalue weighted by atomic mass is 10.2. The average molecular weight is 448 g/mol. The molecule has 0 amide bonds. The Bertz CT molecular complexity index is 1110. The van der Waals surface area contributed by atoms with Crippen LogP contribution in [0.5, 0.6) is 5.75 Å². The molecule has 0 aliphatic rings. The number of nitrogens with zero attached hydrogens (tertiary/aromatic N) is 5. The van der Waals surface area contributed by atoms with Gasteiger partial charge in [0.05, 0.1) is 10.8 Å². The lowest BCUT2D eigenvalue weighted by Crippen LogP contribution is -2.04. The van der Waals surface area contributed by atoms with Crippen molar-refractivity contribution in [2.75, 3.05) is 0 Å². The molecule has 0 aliphatic carbocycles. The molecule has 0 saturated heterocycles. The van der Waals surface area contributed by atoms with Crippen LogP contribution in [0, 0.1) is 0 Å². The highest BCUT2D eigenvalue weighted by Gasteiger charge is 2.14. The molecule has 0 N–H and O–H groups in total. The molecule has 0 atom stereocenters. The maximum atomic E-state index is 6.18. The number of halogens is 2. The molecule has 0 bridgehead atoms. The number of thioether (sulfide) groups is 1. The van der Waals surface area contributed by atoms with Gasteiger partial charge in [0.2, 0.25) is 11.7 Å². The fourth-order valence-corrected chi connectivity index (χ4v) is 3.58. The van der Waals surface area contributed by atoms with Crippen molar-refractivity contribution in [1.82, 2.24) is 24.9 Å². The van der Waals surface area contributed by atoms with Crippen LogP contribution >= 0.6 is 35.0 Å². The molecule has 7 nitrogen and oxygen atoms in total. The summed E-state index contributed by atoms with van der Waals surface area (Å²) in [5.41, 5.74) is 0.731. The number of hydrogen-bond donors (Lipinski definition) is 0. The molecular formula is C19H15Cl2N5O2S. The van der Waals surface area contributed by atoms with Crippen LogP contribution in [0.25, 0.3) is 11.4 Å². The number of benzene rings is 2. The van der Waals surface area contributed by atoms with Gasteiger partial charge in [0.15, 0.2) is 11.0 Å². The summed E-state index contributed by atoms with van der Waals surface area (Å²) in [5, 5.41) is 14.3. The molecule has 0 radical (unpaired) electrons. The van der Waals surface area contributed by atoms with Gasteiger partial charge in [0, 0.05) is 17.6 Å². The molecule has 0 fully saturated rings. The Morgan fingerprint density at radius 3 is 2.66 bits per heavy atom. The number of rotatable bonds is 7. The lowest BCUT2D eigenvalue weighted by molar-refractivity contribution is 0.290. The fourth-order valence-electron chi connectivity index (χ4n) is 2.47. The third kappa shape index (κ3) is 4.72. The lowest BCUT2D eigenvalue weighted by Gasteiger charge is -2.06. The maximum Gasteiger partial charge on any atom is 0.237 e. The zero-order chi connectivity index (χ0) is 20.2. The normalized spacial score (nSPS) is 11.0. The molecule has 0 spiro atoms. The first-order valence-electron chi connectivity index (χ1n) is 8.57. The van der Waals surface area contributed by atoms with Crippen LogP contribution in [0.2, 0.25) is 10.0 Å². The van der Waals surface area contributed by atoms with Crippen molar-refractivity contribution in [3.63, 3.8) is 0 Å². The van der Waals surface area contributed by atoms with Crippen LogP contribution < -0.4 is 4.74 Å². The van der Waals surface area contributed by atoms with E-state index in [0.717, 1.165) is 10.7 Å². The van der Waals surface area contributed by atoms with E-state index in [9.17, 15) is 0 Å². The Kier molecular flexibility index (Phi) is 6.03. The van der Waals surface area contributed by atoms with E-state index in [0.29, 0.717) is 45.7 Å². The van der Waals surface area contributed by atoms with Crippen molar-refractivity contribution < 1.29 is 9.26 Å². The molecule has 0 unspecified atom stereocenters. The first-order valence-corrected chi connectivity index (χ1v) is 10.3. The Labute approximate surface area is 181 Å². The summed E-state index contributed by atoms with van der Waals surface area (Å²) < 4.78 is 12.9. The average Bonchev–Trinajstić information content (AvgIpc) is 3.33. The highest BCUT2D eigenvalue weighted by molar-refractivity contribution is 7.98. The van der Waals surface area contributed by atoms with Crippen LogP contribution in [0.4, 0.5) is 0 Å². The zero-order valence-electron chi connectivity index (χ0n) is 15.2. The monoisotopic (exact) mass is 447 g/mol. The molecule has 29 heavy (non-hydrogen) atoms. The smallest absolute Gasteiger partial charge is 0.237 e. The Balaban J connectivity index is 1.37. The summed E-state index contributed by atoms with van der Waals surface area (Å²) in [6.07, 6.45) is 0. The van der Waals surface area contributed by atoms with E-state index in [2.05, 4.69) is 20.3 Å². The van der Waals surface area contributed by atoms with E-state index in [1.54, 1.807) is 30.3 Å². The summed E-state index contributed by atoms with van der Waals surface area (Å²) in [5.74, 6) is 2.81. The van der Waals surface area contributed by atoms with Crippen molar-refractivity contribution in [3.05, 3.63) is 70.3 Å². The van der Waals surface area contributed by atoms with Crippen molar-refractivity contribution in [1.29, 1.82) is 0 Å². The SMILES string of the molecule is Cn1c(COc2ccc(Cl)cc2)nnc1SCc1nc(-c2ccccc2Cl)no1. The quantitative estimate of drug-likeness (QED) is 0.367. The van der Waals surface area contributed by atoms with Gasteiger partial charge in [-0.1, -0.05) is 52.3 Å². The van der Waals surface area contributed by atoms with E-state index in [4.69, 9.17) is 32.5 Å². The van der Waals surface area contributed by atoms with Gasteiger partial charge in [-0.25, -0.2) is 0 Å². The van der Waals surface area contributed by atoms with Gasteiger partial charge in [0.1, 0.15) is 12.4 Å². The van der Waals surface area contributed by atoms with Crippen LogP contribution in [-0.4, -0.2) is 24.9 Å². The largest absolute Gasteiger partial charge is 0.486 e. The summed E-state index contributed by atoms with van der Waals surface area (Å²) in [6, 6.07) is 14.5. The topological polar surface area (TPSA) is 78.9 Å². The summed E-state index contributed by atoms with van der Waals surface area (Å²) in [6.45, 7) is 0.295. The number of ether oxygens (including phenoxy) is 1. The van der Waals surface area contributed by atoms with Gasteiger partial charge in [-0.15, -0.1) is 10.2 Å². The fraction of sp³-hybridized carbons (Fsp3) is 0.158. The minimum absolute atomic E-state index is 0.295. The minimum atomic E-state index is 0.295. The van der Waals surface area contributed by atoms with Gasteiger partial charge in [0.25, 0.3) is 0 Å². The molecule has 2 aromatic heterocycles. The second kappa shape index (κ2) is 8.86. The van der Waals surface area contributed by atoms with Crippen LogP contribution in [0.1, 0.15) is 11.7 Å². The molecule has 148 valence electrons. The van der Waals surface area contributed by atoms with E-state index >= 15 is 0 Å². The molecule has 2 heterocycles. The highest BCUT2D eigenvalue weighted by atomic mass is 35.5. The van der Waals surface area contributed by atoms with Crippen molar-refractivity contribution in [3.8, 4) is 17.1 Å². The molecule has 0 aliphatic heterocycles. The Hall–Kier alpha value is -2.55. The Morgan fingerprint density at radius 2 is 1.86 bits per heavy atom. The number of aromatic nitrogens is 5. The third-order valence-corrected chi connectivity index (χ3v) is 5.60. The zero-order valence-corrected chi connectivity index (χ0v) is 17.6. The molecule has 10 heteroatoms. The van der Waals surface area contributed by atoms with Crippen LogP contribution in [0.15, 0.2) is 58.2 Å². The molecule has 2 aromatic carbocycles. The van der Waals surface area contributed by atoms with Gasteiger partial charge >= 0.3 is 0 Å². The highest BCUT2D eigenvalue weighted by Crippen LogP contribution is 2.27. The summed E-state index contributed by atoms with van der Waals surface area (Å²) in [4.78, 5) is 4.40. The second-order valence-electron chi connectivity index (χ2n) is 5.98. The summed E-state index contributed by atoms with van der Waals surface area (Å²) >= 11 is 13.5. The molecule has 0 saturated carbocycles. The van der Waals surface area contributed by atoms with Gasteiger partial charge in [-0.05, 0) is 36.4 Å². The standard InChI is InChI=1S/C19H15Cl2N5O2S/c1-26-16(10-27-13-8-6-12(20)7-9-13)23-24-19(26)29-11-17-22-18(25-28-17)14-4-2-3-5-15(14)21/h2-9H,10-11H2,1H3. The Morgan fingerprint density at radius 1 is 1.07 bits per heavy atom.